The minimum absolute atomic E-state index is 0.187. The molecule has 1 amide bonds. The number of ether oxygens (including phenoxy) is 2. The summed E-state index contributed by atoms with van der Waals surface area (Å²) in [5.74, 6) is 2.46. The van der Waals surface area contributed by atoms with Gasteiger partial charge in [-0.2, -0.15) is 0 Å². The molecule has 0 aliphatic carbocycles. The lowest BCUT2D eigenvalue weighted by Gasteiger charge is -2.11. The summed E-state index contributed by atoms with van der Waals surface area (Å²) in [5.41, 5.74) is 2.94. The SMILES string of the molecule is O=C(NCc1ccc2c(c1)OCO2)c1coc(CSc2nnc(Cc3ccccc3)n2-c2ccc(Cl)c(Cl)c2)n1. The molecule has 5 aromatic rings. The van der Waals surface area contributed by atoms with Crippen molar-refractivity contribution in [1.82, 2.24) is 25.1 Å². The molecule has 0 spiro atoms. The number of hydrogen-bond acceptors (Lipinski definition) is 8. The topological polar surface area (TPSA) is 104 Å². The third-order valence-electron chi connectivity index (χ3n) is 6.07. The molecule has 0 radical (unpaired) electrons. The molecular formula is C28H21Cl2N5O4S. The largest absolute Gasteiger partial charge is 0.454 e. The first-order chi connectivity index (χ1) is 19.5. The lowest BCUT2D eigenvalue weighted by Crippen LogP contribution is -2.23. The summed E-state index contributed by atoms with van der Waals surface area (Å²) in [6, 6.07) is 20.9. The van der Waals surface area contributed by atoms with Gasteiger partial charge in [0.2, 0.25) is 12.7 Å². The van der Waals surface area contributed by atoms with Gasteiger partial charge in [-0.3, -0.25) is 9.36 Å². The van der Waals surface area contributed by atoms with E-state index in [1.165, 1.54) is 18.0 Å². The normalized spacial score (nSPS) is 12.1. The Bertz CT molecular complexity index is 1670. The first-order valence-electron chi connectivity index (χ1n) is 12.2. The lowest BCUT2D eigenvalue weighted by molar-refractivity contribution is 0.0945. The van der Waals surface area contributed by atoms with Crippen molar-refractivity contribution in [3.8, 4) is 17.2 Å². The fourth-order valence-electron chi connectivity index (χ4n) is 4.10. The minimum Gasteiger partial charge on any atom is -0.454 e. The van der Waals surface area contributed by atoms with Crippen LogP contribution in [0.15, 0.2) is 82.6 Å². The number of oxazole rings is 1. The van der Waals surface area contributed by atoms with E-state index in [1.807, 2.05) is 59.2 Å². The molecule has 1 N–H and O–H groups in total. The third-order valence-corrected chi connectivity index (χ3v) is 7.72. The van der Waals surface area contributed by atoms with Gasteiger partial charge < -0.3 is 19.2 Å². The Balaban J connectivity index is 1.15. The first kappa shape index (κ1) is 26.2. The highest BCUT2D eigenvalue weighted by molar-refractivity contribution is 7.98. The smallest absolute Gasteiger partial charge is 0.273 e. The molecule has 6 rings (SSSR count). The molecular weight excluding hydrogens is 573 g/mol. The summed E-state index contributed by atoms with van der Waals surface area (Å²) in [6.45, 7) is 0.506. The zero-order valence-electron chi connectivity index (χ0n) is 20.8. The van der Waals surface area contributed by atoms with Crippen molar-refractivity contribution in [2.45, 2.75) is 23.9 Å². The van der Waals surface area contributed by atoms with E-state index in [1.54, 1.807) is 12.1 Å². The molecule has 1 aliphatic rings. The number of halogens is 2. The predicted octanol–water partition coefficient (Wildman–Crippen LogP) is 6.10. The van der Waals surface area contributed by atoms with Crippen molar-refractivity contribution >= 4 is 40.9 Å². The number of carbonyl (C=O) groups excluding carboxylic acids is 1. The maximum Gasteiger partial charge on any atom is 0.273 e. The Hall–Kier alpha value is -3.99. The zero-order valence-corrected chi connectivity index (χ0v) is 23.2. The number of nitrogens with one attached hydrogen (secondary N) is 1. The molecule has 0 atom stereocenters. The fourth-order valence-corrected chi connectivity index (χ4v) is 5.22. The van der Waals surface area contributed by atoms with Gasteiger partial charge in [-0.25, -0.2) is 4.98 Å². The Labute approximate surface area is 243 Å². The standard InChI is InChI=1S/C28H21Cl2N5O4S/c29-20-8-7-19(12-21(20)30)35-25(11-17-4-2-1-3-5-17)33-34-28(35)40-15-26-32-22(14-37-26)27(36)31-13-18-6-9-23-24(10-18)39-16-38-23/h1-10,12,14H,11,13,15-16H2,(H,31,36). The number of carbonyl (C=O) groups is 1. The summed E-state index contributed by atoms with van der Waals surface area (Å²) in [4.78, 5) is 17.0. The van der Waals surface area contributed by atoms with Crippen LogP contribution in [0.5, 0.6) is 11.5 Å². The molecule has 3 aromatic carbocycles. The summed E-state index contributed by atoms with van der Waals surface area (Å²) in [5, 5.41) is 13.2. The van der Waals surface area contributed by atoms with Gasteiger partial charge >= 0.3 is 0 Å². The summed E-state index contributed by atoms with van der Waals surface area (Å²) in [7, 11) is 0. The molecule has 202 valence electrons. The second kappa shape index (κ2) is 11.6. The van der Waals surface area contributed by atoms with Crippen LogP contribution in [0.25, 0.3) is 5.69 Å². The molecule has 0 saturated carbocycles. The number of thioether (sulfide) groups is 1. The third kappa shape index (κ3) is 5.79. The Morgan fingerprint density at radius 1 is 0.950 bits per heavy atom. The van der Waals surface area contributed by atoms with Crippen LogP contribution in [0, 0.1) is 0 Å². The van der Waals surface area contributed by atoms with Gasteiger partial charge in [-0.05, 0) is 41.5 Å². The van der Waals surface area contributed by atoms with Crippen molar-refractivity contribution in [3.05, 3.63) is 112 Å². The molecule has 0 unspecified atom stereocenters. The molecule has 2 aromatic heterocycles. The minimum atomic E-state index is -0.346. The van der Waals surface area contributed by atoms with E-state index in [0.29, 0.717) is 51.3 Å². The van der Waals surface area contributed by atoms with Gasteiger partial charge in [0.05, 0.1) is 21.5 Å². The van der Waals surface area contributed by atoms with Gasteiger partial charge in [0, 0.05) is 13.0 Å². The Morgan fingerprint density at radius 3 is 2.65 bits per heavy atom. The highest BCUT2D eigenvalue weighted by Crippen LogP contribution is 2.33. The molecule has 0 saturated heterocycles. The van der Waals surface area contributed by atoms with Crippen LogP contribution in [0.3, 0.4) is 0 Å². The molecule has 9 nitrogen and oxygen atoms in total. The van der Waals surface area contributed by atoms with Crippen molar-refractivity contribution in [2.24, 2.45) is 0 Å². The number of benzene rings is 3. The van der Waals surface area contributed by atoms with Crippen LogP contribution < -0.4 is 14.8 Å². The van der Waals surface area contributed by atoms with Crippen LogP contribution in [0.2, 0.25) is 10.0 Å². The second-order valence-corrected chi connectivity index (χ2v) is 10.5. The summed E-state index contributed by atoms with van der Waals surface area (Å²) >= 11 is 13.9. The van der Waals surface area contributed by atoms with Gasteiger partial charge in [0.15, 0.2) is 22.3 Å². The highest BCUT2D eigenvalue weighted by Gasteiger charge is 2.19. The number of amides is 1. The number of aromatic nitrogens is 4. The fraction of sp³-hybridized carbons (Fsp3) is 0.143. The van der Waals surface area contributed by atoms with Gasteiger partial charge in [0.1, 0.15) is 12.1 Å². The van der Waals surface area contributed by atoms with Crippen molar-refractivity contribution < 1.29 is 18.7 Å². The van der Waals surface area contributed by atoms with E-state index in [2.05, 4.69) is 20.5 Å². The Morgan fingerprint density at radius 2 is 1.80 bits per heavy atom. The average Bonchev–Trinajstić information content (AvgIpc) is 3.72. The van der Waals surface area contributed by atoms with Crippen LogP contribution in [0.1, 0.15) is 33.3 Å². The van der Waals surface area contributed by atoms with Crippen LogP contribution in [0.4, 0.5) is 0 Å². The monoisotopic (exact) mass is 593 g/mol. The van der Waals surface area contributed by atoms with Crippen molar-refractivity contribution in [2.75, 3.05) is 6.79 Å². The van der Waals surface area contributed by atoms with E-state index in [9.17, 15) is 4.79 Å². The number of hydrogen-bond donors (Lipinski definition) is 1. The molecule has 12 heteroatoms. The molecule has 40 heavy (non-hydrogen) atoms. The maximum absolute atomic E-state index is 12.7. The number of nitrogens with zero attached hydrogens (tertiary/aromatic N) is 4. The summed E-state index contributed by atoms with van der Waals surface area (Å²) in [6.07, 6.45) is 1.91. The average molecular weight is 594 g/mol. The zero-order chi connectivity index (χ0) is 27.5. The number of fused-ring (bicyclic) bond motifs is 1. The van der Waals surface area contributed by atoms with E-state index < -0.39 is 0 Å². The van der Waals surface area contributed by atoms with Gasteiger partial charge in [-0.15, -0.1) is 10.2 Å². The number of rotatable bonds is 9. The molecule has 0 fully saturated rings. The van der Waals surface area contributed by atoms with E-state index in [4.69, 9.17) is 37.1 Å². The van der Waals surface area contributed by atoms with Gasteiger partial charge in [0.25, 0.3) is 5.91 Å². The quantitative estimate of drug-likeness (QED) is 0.204. The summed E-state index contributed by atoms with van der Waals surface area (Å²) < 4.78 is 18.2. The van der Waals surface area contributed by atoms with E-state index >= 15 is 0 Å². The van der Waals surface area contributed by atoms with Crippen molar-refractivity contribution in [3.63, 3.8) is 0 Å². The van der Waals surface area contributed by atoms with E-state index in [0.717, 1.165) is 22.6 Å². The highest BCUT2D eigenvalue weighted by atomic mass is 35.5. The maximum atomic E-state index is 12.7. The van der Waals surface area contributed by atoms with Gasteiger partial charge in [-0.1, -0.05) is 71.4 Å². The lowest BCUT2D eigenvalue weighted by atomic mass is 10.1. The van der Waals surface area contributed by atoms with E-state index in [-0.39, 0.29) is 18.4 Å². The van der Waals surface area contributed by atoms with Crippen LogP contribution >= 0.6 is 35.0 Å². The molecule has 3 heterocycles. The first-order valence-corrected chi connectivity index (χ1v) is 14.0. The van der Waals surface area contributed by atoms with Crippen LogP contribution in [-0.4, -0.2) is 32.4 Å². The van der Waals surface area contributed by atoms with Crippen molar-refractivity contribution in [1.29, 1.82) is 0 Å². The second-order valence-electron chi connectivity index (χ2n) is 8.78. The predicted molar refractivity (Wildman–Crippen MR) is 150 cm³/mol. The molecule has 1 aliphatic heterocycles. The Kier molecular flexibility index (Phi) is 7.63. The molecule has 0 bridgehead atoms. The van der Waals surface area contributed by atoms with Crippen LogP contribution in [-0.2, 0) is 18.7 Å².